The molecule has 8 nitrogen and oxygen atoms in total. The van der Waals surface area contributed by atoms with Crippen LogP contribution in [-0.4, -0.2) is 21.7 Å². The number of anilines is 1. The van der Waals surface area contributed by atoms with E-state index < -0.39 is 11.6 Å². The molecule has 0 saturated heterocycles. The summed E-state index contributed by atoms with van der Waals surface area (Å²) in [5, 5.41) is 19.0. The molecule has 1 N–H and O–H groups in total. The molecule has 1 spiro atoms. The van der Waals surface area contributed by atoms with Crippen LogP contribution in [0.25, 0.3) is 5.69 Å². The van der Waals surface area contributed by atoms with Gasteiger partial charge in [-0.15, -0.1) is 0 Å². The summed E-state index contributed by atoms with van der Waals surface area (Å²) in [6.45, 7) is 0. The highest BCUT2D eigenvalue weighted by molar-refractivity contribution is 5.93. The number of carbonyl (C=O) groups is 2. The Morgan fingerprint density at radius 2 is 2.10 bits per heavy atom. The molecule has 0 bridgehead atoms. The van der Waals surface area contributed by atoms with Gasteiger partial charge in [0.15, 0.2) is 6.20 Å². The molecule has 3 aromatic rings. The fourth-order valence-electron chi connectivity index (χ4n) is 4.45. The van der Waals surface area contributed by atoms with E-state index >= 15 is 0 Å². The molecule has 31 heavy (non-hydrogen) atoms. The number of benzene rings is 1. The Labute approximate surface area is 176 Å². The van der Waals surface area contributed by atoms with Gasteiger partial charge < -0.3 is 15.3 Å². The van der Waals surface area contributed by atoms with Crippen LogP contribution >= 0.6 is 0 Å². The van der Waals surface area contributed by atoms with Gasteiger partial charge in [-0.05, 0) is 49.9 Å². The Kier molecular flexibility index (Phi) is 4.46. The fourth-order valence-corrected chi connectivity index (χ4v) is 4.45. The zero-order valence-electron chi connectivity index (χ0n) is 16.5. The lowest BCUT2D eigenvalue weighted by molar-refractivity contribution is -0.608. The second kappa shape index (κ2) is 7.19. The predicted molar refractivity (Wildman–Crippen MR) is 107 cm³/mol. The lowest BCUT2D eigenvalue weighted by Crippen LogP contribution is -2.36. The summed E-state index contributed by atoms with van der Waals surface area (Å²) in [6.07, 6.45) is 6.39. The van der Waals surface area contributed by atoms with Crippen LogP contribution in [-0.2, 0) is 15.1 Å². The Morgan fingerprint density at radius 3 is 2.87 bits per heavy atom. The summed E-state index contributed by atoms with van der Waals surface area (Å²) >= 11 is 0. The van der Waals surface area contributed by atoms with E-state index in [9.17, 15) is 19.2 Å². The van der Waals surface area contributed by atoms with Crippen LogP contribution in [0, 0.1) is 16.9 Å². The van der Waals surface area contributed by atoms with Crippen LogP contribution in [0.4, 0.5) is 10.1 Å². The standard InChI is InChI=1S/C22H19FN4O4/c23-15-3-1-4-17(11-15)26-13-16(12-24-26)25-20(28)14-6-8-22(9-7-14)18-5-2-10-27(30)19(18)21(29)31-22/h1-5,10-14H,6-9H2,(H,25,28). The molecule has 5 rings (SSSR count). The summed E-state index contributed by atoms with van der Waals surface area (Å²) < 4.78 is 21.1. The van der Waals surface area contributed by atoms with Gasteiger partial charge in [-0.1, -0.05) is 6.07 Å². The van der Waals surface area contributed by atoms with Crippen molar-refractivity contribution in [2.75, 3.05) is 5.32 Å². The molecule has 1 aromatic carbocycles. The van der Waals surface area contributed by atoms with Crippen LogP contribution in [0.2, 0.25) is 0 Å². The molecule has 0 atom stereocenters. The number of pyridine rings is 1. The molecule has 0 unspecified atom stereocenters. The van der Waals surface area contributed by atoms with Gasteiger partial charge >= 0.3 is 11.7 Å². The van der Waals surface area contributed by atoms with Gasteiger partial charge in [0.2, 0.25) is 5.91 Å². The minimum atomic E-state index is -0.834. The number of aromatic nitrogens is 3. The van der Waals surface area contributed by atoms with Crippen LogP contribution in [0.1, 0.15) is 41.7 Å². The number of carbonyl (C=O) groups excluding carboxylic acids is 2. The van der Waals surface area contributed by atoms with Crippen molar-refractivity contribution in [3.8, 4) is 5.69 Å². The van der Waals surface area contributed by atoms with Gasteiger partial charge in [-0.2, -0.15) is 9.83 Å². The molecule has 1 fully saturated rings. The van der Waals surface area contributed by atoms with Gasteiger partial charge in [0.1, 0.15) is 11.4 Å². The molecule has 2 aliphatic rings. The summed E-state index contributed by atoms with van der Waals surface area (Å²) in [6, 6.07) is 9.35. The maximum absolute atomic E-state index is 13.4. The number of hydrogen-bond donors (Lipinski definition) is 1. The molecule has 1 amide bonds. The third kappa shape index (κ3) is 3.31. The zero-order valence-corrected chi connectivity index (χ0v) is 16.5. The highest BCUT2D eigenvalue weighted by Crippen LogP contribution is 2.47. The van der Waals surface area contributed by atoms with Gasteiger partial charge in [0.05, 0.1) is 29.3 Å². The van der Waals surface area contributed by atoms with Crippen molar-refractivity contribution in [3.63, 3.8) is 0 Å². The first-order valence-electron chi connectivity index (χ1n) is 10.0. The average molecular weight is 422 g/mol. The number of amides is 1. The molecule has 2 aromatic heterocycles. The van der Waals surface area contributed by atoms with E-state index in [0.29, 0.717) is 47.4 Å². The maximum atomic E-state index is 13.4. The van der Waals surface area contributed by atoms with Gasteiger partial charge in [-0.25, -0.2) is 13.9 Å². The SMILES string of the molecule is O=C1OC2(CCC(C(=O)Nc3cnn(-c4cccc(F)c4)c3)CC2)c2ccc[n+]([O-])c21. The molecule has 158 valence electrons. The summed E-state index contributed by atoms with van der Waals surface area (Å²) in [5.74, 6) is -1.39. The number of hydrogen-bond acceptors (Lipinski definition) is 5. The average Bonchev–Trinajstić information content (AvgIpc) is 3.32. The quantitative estimate of drug-likeness (QED) is 0.397. The second-order valence-corrected chi connectivity index (χ2v) is 7.90. The van der Waals surface area contributed by atoms with Crippen molar-refractivity contribution < 1.29 is 23.4 Å². The highest BCUT2D eigenvalue weighted by Gasteiger charge is 2.52. The van der Waals surface area contributed by atoms with Gasteiger partial charge in [0.25, 0.3) is 0 Å². The lowest BCUT2D eigenvalue weighted by Gasteiger charge is -2.35. The van der Waals surface area contributed by atoms with Crippen molar-refractivity contribution in [2.45, 2.75) is 31.3 Å². The fraction of sp³-hybridized carbons (Fsp3) is 0.273. The lowest BCUT2D eigenvalue weighted by atomic mass is 9.75. The van der Waals surface area contributed by atoms with Crippen LogP contribution < -0.4 is 10.0 Å². The monoisotopic (exact) mass is 422 g/mol. The Balaban J connectivity index is 1.26. The summed E-state index contributed by atoms with van der Waals surface area (Å²) in [4.78, 5) is 25.0. The number of nitrogens with one attached hydrogen (secondary N) is 1. The van der Waals surface area contributed by atoms with Crippen molar-refractivity contribution in [1.29, 1.82) is 0 Å². The number of nitrogens with zero attached hydrogens (tertiary/aromatic N) is 3. The first-order chi connectivity index (χ1) is 14.9. The van der Waals surface area contributed by atoms with Crippen LogP contribution in [0.5, 0.6) is 0 Å². The number of halogens is 1. The zero-order chi connectivity index (χ0) is 21.6. The summed E-state index contributed by atoms with van der Waals surface area (Å²) in [5.41, 5.74) is 0.871. The minimum absolute atomic E-state index is 0.0372. The van der Waals surface area contributed by atoms with Crippen molar-refractivity contribution in [1.82, 2.24) is 9.78 Å². The topological polar surface area (TPSA) is 100 Å². The maximum Gasteiger partial charge on any atom is 0.406 e. The second-order valence-electron chi connectivity index (χ2n) is 7.90. The number of rotatable bonds is 3. The smallest absolute Gasteiger partial charge is 0.406 e. The molecular formula is C22H19FN4O4. The van der Waals surface area contributed by atoms with Crippen molar-refractivity contribution >= 4 is 17.6 Å². The Morgan fingerprint density at radius 1 is 1.29 bits per heavy atom. The number of fused-ring (bicyclic) bond motifs is 2. The Hall–Kier alpha value is -3.75. The van der Waals surface area contributed by atoms with Gasteiger partial charge in [-0.3, -0.25) is 4.79 Å². The van der Waals surface area contributed by atoms with E-state index in [0.717, 1.165) is 0 Å². The van der Waals surface area contributed by atoms with Crippen LogP contribution in [0.3, 0.4) is 0 Å². The first kappa shape index (κ1) is 19.2. The van der Waals surface area contributed by atoms with E-state index in [2.05, 4.69) is 10.4 Å². The summed E-state index contributed by atoms with van der Waals surface area (Å²) in [7, 11) is 0. The molecule has 1 aliphatic carbocycles. The van der Waals surface area contributed by atoms with E-state index in [1.807, 2.05) is 0 Å². The van der Waals surface area contributed by atoms with E-state index in [-0.39, 0.29) is 23.3 Å². The molecule has 1 saturated carbocycles. The normalized spacial score (nSPS) is 22.2. The molecular weight excluding hydrogens is 403 g/mol. The Bertz CT molecular complexity index is 1180. The van der Waals surface area contributed by atoms with Gasteiger partial charge in [0, 0.05) is 12.0 Å². The molecule has 0 radical (unpaired) electrons. The van der Waals surface area contributed by atoms with Crippen LogP contribution in [0.15, 0.2) is 55.0 Å². The molecule has 1 aliphatic heterocycles. The highest BCUT2D eigenvalue weighted by atomic mass is 19.1. The third-order valence-corrected chi connectivity index (χ3v) is 6.02. The predicted octanol–water partition coefficient (Wildman–Crippen LogP) is 2.84. The van der Waals surface area contributed by atoms with E-state index in [1.54, 1.807) is 30.5 Å². The number of esters is 1. The molecule has 9 heteroatoms. The van der Waals surface area contributed by atoms with Crippen molar-refractivity contribution in [2.24, 2.45) is 5.92 Å². The largest absolute Gasteiger partial charge is 0.618 e. The van der Waals surface area contributed by atoms with E-state index in [4.69, 9.17) is 4.74 Å². The minimum Gasteiger partial charge on any atom is -0.618 e. The van der Waals surface area contributed by atoms with Crippen molar-refractivity contribution in [3.05, 3.63) is 77.3 Å². The number of ether oxygens (including phenoxy) is 1. The first-order valence-corrected chi connectivity index (χ1v) is 10.0. The third-order valence-electron chi connectivity index (χ3n) is 6.02. The van der Waals surface area contributed by atoms with E-state index in [1.165, 1.54) is 29.2 Å². The molecule has 3 heterocycles.